The standard InChI is InChI=1S/C17H11N3O2S/c21-16-14(10-15-18-12-8-4-5-9-13(12)19-15)23-17(22)20(16)11-6-2-1-3-7-11/h1-10,21H. The van der Waals surface area contributed by atoms with Crippen molar-refractivity contribution in [3.8, 4) is 11.6 Å². The number of aromatic nitrogens is 1. The van der Waals surface area contributed by atoms with Crippen LogP contribution in [0, 0.1) is 0 Å². The van der Waals surface area contributed by atoms with Crippen LogP contribution >= 0.6 is 11.3 Å². The number of hydrogen-bond acceptors (Lipinski definition) is 5. The van der Waals surface area contributed by atoms with Gasteiger partial charge in [0.1, 0.15) is 0 Å². The van der Waals surface area contributed by atoms with Gasteiger partial charge in [-0.1, -0.05) is 41.7 Å². The van der Waals surface area contributed by atoms with Gasteiger partial charge in [0.05, 0.1) is 21.3 Å². The summed E-state index contributed by atoms with van der Waals surface area (Å²) in [7, 11) is 0. The van der Waals surface area contributed by atoms with Gasteiger partial charge in [-0.25, -0.2) is 14.6 Å². The van der Waals surface area contributed by atoms with Gasteiger partial charge in [-0.2, -0.15) is 0 Å². The normalized spacial score (nSPS) is 12.4. The first-order chi connectivity index (χ1) is 11.2. The van der Waals surface area contributed by atoms with Crippen molar-refractivity contribution in [1.82, 2.24) is 4.57 Å². The number of hydrogen-bond donors (Lipinski definition) is 1. The van der Waals surface area contributed by atoms with E-state index in [2.05, 4.69) is 9.98 Å². The number of benzene rings is 2. The van der Waals surface area contributed by atoms with E-state index >= 15 is 0 Å². The van der Waals surface area contributed by atoms with Crippen LogP contribution in [0.4, 0.5) is 0 Å². The van der Waals surface area contributed by atoms with E-state index < -0.39 is 0 Å². The van der Waals surface area contributed by atoms with Crippen molar-refractivity contribution in [1.29, 1.82) is 0 Å². The van der Waals surface area contributed by atoms with E-state index in [9.17, 15) is 9.90 Å². The third-order valence-electron chi connectivity index (χ3n) is 3.44. The molecular weight excluding hydrogens is 310 g/mol. The zero-order valence-electron chi connectivity index (χ0n) is 11.9. The fraction of sp³-hybridized carbons (Fsp3) is 0. The van der Waals surface area contributed by atoms with Crippen LogP contribution in [-0.4, -0.2) is 9.67 Å². The number of nitrogens with zero attached hydrogens (tertiary/aromatic N) is 3. The SMILES string of the molecule is O=c1sc(C=C2N=c3ccccc3=N2)c(O)n1-c1ccccc1. The van der Waals surface area contributed by atoms with E-state index in [4.69, 9.17) is 0 Å². The highest BCUT2D eigenvalue weighted by Crippen LogP contribution is 2.26. The van der Waals surface area contributed by atoms with Crippen molar-refractivity contribution >= 4 is 17.4 Å². The minimum absolute atomic E-state index is 0.0972. The fourth-order valence-corrected chi connectivity index (χ4v) is 3.21. The molecule has 1 aliphatic heterocycles. The van der Waals surface area contributed by atoms with Crippen LogP contribution in [0.5, 0.6) is 5.88 Å². The predicted molar refractivity (Wildman–Crippen MR) is 88.3 cm³/mol. The maximum Gasteiger partial charge on any atom is 0.315 e. The van der Waals surface area contributed by atoms with Crippen LogP contribution in [0.2, 0.25) is 0 Å². The minimum atomic E-state index is -0.254. The van der Waals surface area contributed by atoms with Gasteiger partial charge >= 0.3 is 4.87 Å². The average Bonchev–Trinajstić information content (AvgIpc) is 3.09. The Morgan fingerprint density at radius 3 is 2.22 bits per heavy atom. The molecule has 0 saturated heterocycles. The molecule has 1 aliphatic rings. The summed E-state index contributed by atoms with van der Waals surface area (Å²) in [6.45, 7) is 0. The molecule has 0 saturated carbocycles. The lowest BCUT2D eigenvalue weighted by Crippen LogP contribution is -2.19. The second-order valence-corrected chi connectivity index (χ2v) is 5.93. The van der Waals surface area contributed by atoms with Crippen LogP contribution < -0.4 is 15.6 Å². The molecule has 2 aromatic carbocycles. The molecule has 0 amide bonds. The number of para-hydroxylation sites is 3. The van der Waals surface area contributed by atoms with Crippen molar-refractivity contribution in [3.63, 3.8) is 0 Å². The molecule has 0 spiro atoms. The summed E-state index contributed by atoms with van der Waals surface area (Å²) < 4.78 is 1.28. The number of rotatable bonds is 2. The van der Waals surface area contributed by atoms with Crippen molar-refractivity contribution in [2.24, 2.45) is 9.98 Å². The molecule has 0 unspecified atom stereocenters. The molecular formula is C17H11N3O2S. The van der Waals surface area contributed by atoms with Crippen LogP contribution in [0.1, 0.15) is 4.88 Å². The highest BCUT2D eigenvalue weighted by atomic mass is 32.1. The fourth-order valence-electron chi connectivity index (χ4n) is 2.39. The average molecular weight is 321 g/mol. The van der Waals surface area contributed by atoms with E-state index in [0.29, 0.717) is 16.4 Å². The zero-order chi connectivity index (χ0) is 15.8. The van der Waals surface area contributed by atoms with Gasteiger partial charge in [0.25, 0.3) is 0 Å². The monoisotopic (exact) mass is 321 g/mol. The molecule has 3 aromatic rings. The van der Waals surface area contributed by atoms with Gasteiger partial charge in [-0.15, -0.1) is 0 Å². The van der Waals surface area contributed by atoms with Crippen LogP contribution in [0.15, 0.2) is 75.2 Å². The lowest BCUT2D eigenvalue weighted by molar-refractivity contribution is 0.440. The van der Waals surface area contributed by atoms with Crippen molar-refractivity contribution < 1.29 is 5.11 Å². The maximum atomic E-state index is 12.2. The summed E-state index contributed by atoms with van der Waals surface area (Å²) >= 11 is 0.962. The molecule has 0 radical (unpaired) electrons. The van der Waals surface area contributed by atoms with Gasteiger partial charge in [0.15, 0.2) is 5.82 Å². The smallest absolute Gasteiger partial charge is 0.315 e. The Labute approximate surface area is 134 Å². The lowest BCUT2D eigenvalue weighted by atomic mass is 10.3. The van der Waals surface area contributed by atoms with Crippen molar-refractivity contribution in [2.75, 3.05) is 0 Å². The third-order valence-corrected chi connectivity index (χ3v) is 4.32. The molecule has 0 fully saturated rings. The summed E-state index contributed by atoms with van der Waals surface area (Å²) in [5.74, 6) is 0.378. The second kappa shape index (κ2) is 5.33. The molecule has 1 aromatic heterocycles. The third kappa shape index (κ3) is 2.39. The Morgan fingerprint density at radius 2 is 1.57 bits per heavy atom. The lowest BCUT2D eigenvalue weighted by Gasteiger charge is -2.02. The molecule has 0 atom stereocenters. The van der Waals surface area contributed by atoms with E-state index in [-0.39, 0.29) is 10.8 Å². The van der Waals surface area contributed by atoms with Gasteiger partial charge in [0, 0.05) is 6.08 Å². The molecule has 0 bridgehead atoms. The minimum Gasteiger partial charge on any atom is -0.493 e. The topological polar surface area (TPSA) is 66.9 Å². The molecule has 6 heteroatoms. The summed E-state index contributed by atoms with van der Waals surface area (Å²) in [5.41, 5.74) is 0.625. The van der Waals surface area contributed by atoms with Crippen molar-refractivity contribution in [3.05, 3.63) is 85.7 Å². The van der Waals surface area contributed by atoms with Crippen LogP contribution in [-0.2, 0) is 0 Å². The molecule has 112 valence electrons. The quantitative estimate of drug-likeness (QED) is 0.783. The Morgan fingerprint density at radius 1 is 0.957 bits per heavy atom. The first-order valence-electron chi connectivity index (χ1n) is 6.97. The van der Waals surface area contributed by atoms with E-state index in [1.165, 1.54) is 4.57 Å². The molecule has 5 nitrogen and oxygen atoms in total. The van der Waals surface area contributed by atoms with Crippen molar-refractivity contribution in [2.45, 2.75) is 0 Å². The summed E-state index contributed by atoms with van der Waals surface area (Å²) in [4.78, 5) is 21.1. The number of aromatic hydroxyl groups is 1. The Balaban J connectivity index is 1.82. The summed E-state index contributed by atoms with van der Waals surface area (Å²) in [5, 5.41) is 12.0. The number of thiazole rings is 1. The molecule has 0 aliphatic carbocycles. The van der Waals surface area contributed by atoms with Gasteiger partial charge in [-0.05, 0) is 24.3 Å². The van der Waals surface area contributed by atoms with E-state index in [1.807, 2.05) is 42.5 Å². The van der Waals surface area contributed by atoms with Gasteiger partial charge in [-0.3, -0.25) is 4.79 Å². The summed E-state index contributed by atoms with van der Waals surface area (Å²) in [6.07, 6.45) is 1.63. The Kier molecular flexibility index (Phi) is 3.17. The summed E-state index contributed by atoms with van der Waals surface area (Å²) in [6, 6.07) is 16.5. The number of fused-ring (bicyclic) bond motifs is 1. The largest absolute Gasteiger partial charge is 0.493 e. The van der Waals surface area contributed by atoms with Gasteiger partial charge in [0.2, 0.25) is 5.88 Å². The molecule has 23 heavy (non-hydrogen) atoms. The maximum absolute atomic E-state index is 12.2. The Hall–Kier alpha value is -2.99. The molecule has 1 N–H and O–H groups in total. The second-order valence-electron chi connectivity index (χ2n) is 4.94. The van der Waals surface area contributed by atoms with Gasteiger partial charge < -0.3 is 5.11 Å². The first-order valence-corrected chi connectivity index (χ1v) is 7.78. The first kappa shape index (κ1) is 13.7. The Bertz CT molecular complexity index is 1060. The molecule has 4 rings (SSSR count). The highest BCUT2D eigenvalue weighted by molar-refractivity contribution is 7.10. The highest BCUT2D eigenvalue weighted by Gasteiger charge is 2.15. The zero-order valence-corrected chi connectivity index (χ0v) is 12.7. The predicted octanol–water partition coefficient (Wildman–Crippen LogP) is 1.86. The van der Waals surface area contributed by atoms with E-state index in [0.717, 1.165) is 22.1 Å². The van der Waals surface area contributed by atoms with Crippen LogP contribution in [0.3, 0.4) is 0 Å². The molecule has 2 heterocycles. The van der Waals surface area contributed by atoms with Crippen LogP contribution in [0.25, 0.3) is 11.8 Å². The van der Waals surface area contributed by atoms with E-state index in [1.54, 1.807) is 18.2 Å².